The van der Waals surface area contributed by atoms with Crippen LogP contribution in [0.25, 0.3) is 0 Å². The van der Waals surface area contributed by atoms with Gasteiger partial charge in [-0.2, -0.15) is 0 Å². The van der Waals surface area contributed by atoms with Crippen LogP contribution in [0.3, 0.4) is 0 Å². The Morgan fingerprint density at radius 3 is 2.42 bits per heavy atom. The molecular weight excluding hydrogens is 418 g/mol. The molecule has 31 heavy (non-hydrogen) atoms. The number of aryl methyl sites for hydroxylation is 2. The first-order valence-electron chi connectivity index (χ1n) is 9.90. The zero-order chi connectivity index (χ0) is 22.0. The molecule has 0 spiro atoms. The van der Waals surface area contributed by atoms with Gasteiger partial charge < -0.3 is 14.6 Å². The zero-order valence-electron chi connectivity index (χ0n) is 17.3. The lowest BCUT2D eigenvalue weighted by molar-refractivity contribution is 0.102. The molecule has 1 aliphatic rings. The molecule has 0 saturated carbocycles. The number of ether oxygens (including phenoxy) is 1. The van der Waals surface area contributed by atoms with Crippen molar-refractivity contribution < 1.29 is 22.5 Å². The molecule has 4 rings (SSSR count). The first-order valence-corrected chi connectivity index (χ1v) is 11.5. The van der Waals surface area contributed by atoms with Gasteiger partial charge in [-0.3, -0.25) is 9.10 Å². The summed E-state index contributed by atoms with van der Waals surface area (Å²) in [6.45, 7) is 4.52. The minimum atomic E-state index is -3.22. The summed E-state index contributed by atoms with van der Waals surface area (Å²) in [6.07, 6.45) is 0.624. The molecule has 8 nitrogen and oxygen atoms in total. The monoisotopic (exact) mass is 441 g/mol. The van der Waals surface area contributed by atoms with Gasteiger partial charge in [-0.1, -0.05) is 5.16 Å². The molecule has 162 valence electrons. The Labute approximate surface area is 180 Å². The van der Waals surface area contributed by atoms with Gasteiger partial charge in [-0.25, -0.2) is 8.42 Å². The summed E-state index contributed by atoms with van der Waals surface area (Å²) in [5.74, 6) is 1.26. The van der Waals surface area contributed by atoms with Crippen molar-refractivity contribution in [2.45, 2.75) is 26.9 Å². The van der Waals surface area contributed by atoms with E-state index < -0.39 is 10.0 Å². The standard InChI is InChI=1S/C22H23N3O5S/c1-15-21(16(2)30-24-15)14-29-20-10-4-17(5-11-20)22(26)23-18-6-8-19(9-7-18)25-12-3-13-31(25,27)28/h4-11H,3,12-14H2,1-2H3,(H,23,26). The molecule has 0 unspecified atom stereocenters. The highest BCUT2D eigenvalue weighted by atomic mass is 32.2. The van der Waals surface area contributed by atoms with Gasteiger partial charge in [0.25, 0.3) is 5.91 Å². The number of anilines is 2. The lowest BCUT2D eigenvalue weighted by Crippen LogP contribution is -2.24. The van der Waals surface area contributed by atoms with Gasteiger partial charge in [0.1, 0.15) is 18.1 Å². The van der Waals surface area contributed by atoms with Gasteiger partial charge in [0.15, 0.2) is 0 Å². The second-order valence-corrected chi connectivity index (χ2v) is 9.37. The minimum absolute atomic E-state index is 0.170. The fourth-order valence-electron chi connectivity index (χ4n) is 3.41. The molecule has 9 heteroatoms. The average molecular weight is 442 g/mol. The van der Waals surface area contributed by atoms with Crippen LogP contribution in [0.15, 0.2) is 53.1 Å². The number of hydrogen-bond acceptors (Lipinski definition) is 6. The van der Waals surface area contributed by atoms with Crippen LogP contribution in [0.1, 0.15) is 33.8 Å². The predicted molar refractivity (Wildman–Crippen MR) is 117 cm³/mol. The van der Waals surface area contributed by atoms with E-state index >= 15 is 0 Å². The maximum absolute atomic E-state index is 12.5. The van der Waals surface area contributed by atoms with Crippen molar-refractivity contribution in [3.63, 3.8) is 0 Å². The number of nitrogens with one attached hydrogen (secondary N) is 1. The molecule has 0 radical (unpaired) electrons. The lowest BCUT2D eigenvalue weighted by Gasteiger charge is -2.17. The quantitative estimate of drug-likeness (QED) is 0.626. The van der Waals surface area contributed by atoms with E-state index in [2.05, 4.69) is 10.5 Å². The van der Waals surface area contributed by atoms with Crippen LogP contribution in [0.2, 0.25) is 0 Å². The number of rotatable bonds is 6. The molecule has 1 saturated heterocycles. The summed E-state index contributed by atoms with van der Waals surface area (Å²) in [5, 5.41) is 6.72. The second kappa shape index (κ2) is 8.43. The van der Waals surface area contributed by atoms with Crippen molar-refractivity contribution in [1.29, 1.82) is 0 Å². The summed E-state index contributed by atoms with van der Waals surface area (Å²) >= 11 is 0. The fourth-order valence-corrected chi connectivity index (χ4v) is 4.97. The Balaban J connectivity index is 1.36. The topological polar surface area (TPSA) is 102 Å². The van der Waals surface area contributed by atoms with Crippen molar-refractivity contribution >= 4 is 27.3 Å². The van der Waals surface area contributed by atoms with Gasteiger partial charge in [0.2, 0.25) is 10.0 Å². The Morgan fingerprint density at radius 2 is 1.84 bits per heavy atom. The van der Waals surface area contributed by atoms with Gasteiger partial charge in [0.05, 0.1) is 22.7 Å². The first-order chi connectivity index (χ1) is 14.8. The summed E-state index contributed by atoms with van der Waals surface area (Å²) < 4.78 is 36.3. The van der Waals surface area contributed by atoms with E-state index in [1.807, 2.05) is 13.8 Å². The van der Waals surface area contributed by atoms with E-state index in [0.717, 1.165) is 17.0 Å². The highest BCUT2D eigenvalue weighted by molar-refractivity contribution is 7.93. The Kier molecular flexibility index (Phi) is 5.69. The molecule has 2 aromatic carbocycles. The number of aromatic nitrogens is 1. The molecule has 0 aliphatic carbocycles. The number of benzene rings is 2. The summed E-state index contributed by atoms with van der Waals surface area (Å²) in [4.78, 5) is 12.5. The van der Waals surface area contributed by atoms with Gasteiger partial charge in [-0.05, 0) is 68.8 Å². The first kappa shape index (κ1) is 20.9. The maximum atomic E-state index is 12.5. The van der Waals surface area contributed by atoms with Crippen LogP contribution in [0, 0.1) is 13.8 Å². The number of nitrogens with zero attached hydrogens (tertiary/aromatic N) is 2. The molecule has 2 heterocycles. The maximum Gasteiger partial charge on any atom is 0.255 e. The van der Waals surface area contributed by atoms with Crippen molar-refractivity contribution in [1.82, 2.24) is 5.16 Å². The van der Waals surface area contributed by atoms with Crippen LogP contribution in [0.5, 0.6) is 5.75 Å². The van der Waals surface area contributed by atoms with E-state index in [1.54, 1.807) is 48.5 Å². The molecule has 3 aromatic rings. The van der Waals surface area contributed by atoms with E-state index in [4.69, 9.17) is 9.26 Å². The summed E-state index contributed by atoms with van der Waals surface area (Å²) in [7, 11) is -3.22. The number of sulfonamides is 1. The molecule has 1 aromatic heterocycles. The number of carbonyl (C=O) groups excluding carboxylic acids is 1. The molecule has 1 aliphatic heterocycles. The van der Waals surface area contributed by atoms with Crippen molar-refractivity contribution in [3.8, 4) is 5.75 Å². The van der Waals surface area contributed by atoms with Crippen LogP contribution in [-0.2, 0) is 16.6 Å². The van der Waals surface area contributed by atoms with E-state index in [1.165, 1.54) is 4.31 Å². The smallest absolute Gasteiger partial charge is 0.255 e. The zero-order valence-corrected chi connectivity index (χ0v) is 18.1. The highest BCUT2D eigenvalue weighted by Crippen LogP contribution is 2.25. The van der Waals surface area contributed by atoms with Gasteiger partial charge in [0, 0.05) is 17.8 Å². The molecule has 0 bridgehead atoms. The third-order valence-corrected chi connectivity index (χ3v) is 7.06. The SMILES string of the molecule is Cc1noc(C)c1COc1ccc(C(=O)Nc2ccc(N3CCCS3(=O)=O)cc2)cc1. The molecule has 1 N–H and O–H groups in total. The van der Waals surface area contributed by atoms with Crippen LogP contribution in [-0.4, -0.2) is 31.8 Å². The van der Waals surface area contributed by atoms with E-state index in [-0.39, 0.29) is 11.7 Å². The van der Waals surface area contributed by atoms with Crippen molar-refractivity contribution in [2.24, 2.45) is 0 Å². The average Bonchev–Trinajstić information content (AvgIpc) is 3.27. The number of carbonyl (C=O) groups is 1. The normalized spacial score (nSPS) is 15.1. The molecular formula is C22H23N3O5S. The van der Waals surface area contributed by atoms with Crippen LogP contribution < -0.4 is 14.4 Å². The van der Waals surface area contributed by atoms with E-state index in [0.29, 0.717) is 42.3 Å². The number of amides is 1. The molecule has 0 atom stereocenters. The third-order valence-electron chi connectivity index (χ3n) is 5.19. The highest BCUT2D eigenvalue weighted by Gasteiger charge is 2.28. The Morgan fingerprint density at radius 1 is 1.13 bits per heavy atom. The number of hydrogen-bond donors (Lipinski definition) is 1. The Hall–Kier alpha value is -3.33. The van der Waals surface area contributed by atoms with Crippen LogP contribution in [0.4, 0.5) is 11.4 Å². The molecule has 1 fully saturated rings. The largest absolute Gasteiger partial charge is 0.489 e. The van der Waals surface area contributed by atoms with Gasteiger partial charge in [-0.15, -0.1) is 0 Å². The van der Waals surface area contributed by atoms with E-state index in [9.17, 15) is 13.2 Å². The van der Waals surface area contributed by atoms with Gasteiger partial charge >= 0.3 is 0 Å². The summed E-state index contributed by atoms with van der Waals surface area (Å²) in [5.41, 5.74) is 3.38. The van der Waals surface area contributed by atoms with Crippen LogP contribution >= 0.6 is 0 Å². The van der Waals surface area contributed by atoms with Crippen molar-refractivity contribution in [3.05, 3.63) is 71.1 Å². The Bertz CT molecular complexity index is 1170. The molecule has 1 amide bonds. The lowest BCUT2D eigenvalue weighted by atomic mass is 10.2. The summed E-state index contributed by atoms with van der Waals surface area (Å²) in [6, 6.07) is 13.6. The second-order valence-electron chi connectivity index (χ2n) is 7.36. The third kappa shape index (κ3) is 4.56. The predicted octanol–water partition coefficient (Wildman–Crippen LogP) is 3.66. The van der Waals surface area contributed by atoms with Crippen molar-refractivity contribution in [2.75, 3.05) is 21.9 Å². The fraction of sp³-hybridized carbons (Fsp3) is 0.273. The minimum Gasteiger partial charge on any atom is -0.489 e.